The van der Waals surface area contributed by atoms with Gasteiger partial charge in [-0.1, -0.05) is 49.2 Å². The van der Waals surface area contributed by atoms with Crippen molar-refractivity contribution in [2.24, 2.45) is 7.05 Å². The van der Waals surface area contributed by atoms with Gasteiger partial charge in [0.1, 0.15) is 5.65 Å². The van der Waals surface area contributed by atoms with Crippen molar-refractivity contribution in [3.05, 3.63) is 77.4 Å². The van der Waals surface area contributed by atoms with Crippen LogP contribution in [0.3, 0.4) is 0 Å². The van der Waals surface area contributed by atoms with E-state index in [2.05, 4.69) is 52.5 Å². The van der Waals surface area contributed by atoms with Crippen molar-refractivity contribution in [2.75, 3.05) is 0 Å². The number of hydrogen-bond donors (Lipinski definition) is 0. The molecule has 128 valence electrons. The highest BCUT2D eigenvalue weighted by Crippen LogP contribution is 2.26. The van der Waals surface area contributed by atoms with E-state index in [1.807, 2.05) is 49.1 Å². The molecule has 0 aliphatic rings. The van der Waals surface area contributed by atoms with Gasteiger partial charge in [0, 0.05) is 12.6 Å². The third-order valence-electron chi connectivity index (χ3n) is 4.66. The average Bonchev–Trinajstić information content (AvgIpc) is 3.21. The van der Waals surface area contributed by atoms with Crippen molar-refractivity contribution in [1.29, 1.82) is 0 Å². The number of aryl methyl sites for hydroxylation is 2. The Hall–Kier alpha value is -3.32. The van der Waals surface area contributed by atoms with Crippen LogP contribution in [0.2, 0.25) is 0 Å². The van der Waals surface area contributed by atoms with Crippen LogP contribution < -0.4 is 0 Å². The predicted octanol–water partition coefficient (Wildman–Crippen LogP) is 4.01. The fourth-order valence-corrected chi connectivity index (χ4v) is 3.13. The molecule has 4 heteroatoms. The number of benzene rings is 1. The van der Waals surface area contributed by atoms with Gasteiger partial charge in [-0.25, -0.2) is 4.98 Å². The molecular formula is C22H20N4. The van der Waals surface area contributed by atoms with E-state index < -0.39 is 0 Å². The first-order valence-electron chi connectivity index (χ1n) is 8.75. The number of nitrogens with zero attached hydrogens (tertiary/aromatic N) is 4. The Bertz CT molecular complexity index is 1140. The minimum Gasteiger partial charge on any atom is -0.285 e. The topological polar surface area (TPSA) is 35.1 Å². The summed E-state index contributed by atoms with van der Waals surface area (Å²) >= 11 is 0. The summed E-state index contributed by atoms with van der Waals surface area (Å²) in [6, 6.07) is 16.5. The van der Waals surface area contributed by atoms with Gasteiger partial charge >= 0.3 is 0 Å². The maximum absolute atomic E-state index is 4.82. The molecule has 0 amide bonds. The number of aromatic nitrogens is 4. The van der Waals surface area contributed by atoms with Crippen LogP contribution in [0.1, 0.15) is 29.6 Å². The Morgan fingerprint density at radius 2 is 1.81 bits per heavy atom. The number of pyridine rings is 1. The van der Waals surface area contributed by atoms with Gasteiger partial charge in [0.15, 0.2) is 0 Å². The molecule has 0 saturated heterocycles. The summed E-state index contributed by atoms with van der Waals surface area (Å²) in [5.74, 6) is 6.59. The van der Waals surface area contributed by atoms with Gasteiger partial charge in [-0.3, -0.25) is 9.08 Å². The van der Waals surface area contributed by atoms with Crippen LogP contribution in [0.25, 0.3) is 16.9 Å². The largest absolute Gasteiger partial charge is 0.285 e. The molecule has 4 aromatic rings. The quantitative estimate of drug-likeness (QED) is 0.517. The van der Waals surface area contributed by atoms with Gasteiger partial charge in [0.05, 0.1) is 34.5 Å². The highest BCUT2D eigenvalue weighted by molar-refractivity contribution is 5.69. The minimum atomic E-state index is 0.875. The zero-order valence-corrected chi connectivity index (χ0v) is 15.2. The van der Waals surface area contributed by atoms with Crippen LogP contribution >= 0.6 is 0 Å². The molecule has 3 aromatic heterocycles. The average molecular weight is 340 g/mol. The number of imidazole rings is 1. The van der Waals surface area contributed by atoms with Crippen molar-refractivity contribution >= 4 is 5.65 Å². The normalized spacial score (nSPS) is 10.7. The predicted molar refractivity (Wildman–Crippen MR) is 104 cm³/mol. The van der Waals surface area contributed by atoms with Gasteiger partial charge in [-0.2, -0.15) is 5.10 Å². The lowest BCUT2D eigenvalue weighted by molar-refractivity contribution is 0.740. The molecule has 4 rings (SSSR count). The lowest BCUT2D eigenvalue weighted by Gasteiger charge is -2.06. The third-order valence-corrected chi connectivity index (χ3v) is 4.66. The molecule has 0 fully saturated rings. The van der Waals surface area contributed by atoms with Crippen LogP contribution in [0.4, 0.5) is 0 Å². The highest BCUT2D eigenvalue weighted by Gasteiger charge is 2.14. The van der Waals surface area contributed by atoms with E-state index in [4.69, 9.17) is 4.98 Å². The summed E-state index contributed by atoms with van der Waals surface area (Å²) < 4.78 is 4.00. The first-order valence-corrected chi connectivity index (χ1v) is 8.75. The lowest BCUT2D eigenvalue weighted by atomic mass is 10.1. The summed E-state index contributed by atoms with van der Waals surface area (Å²) in [6.07, 6.45) is 2.69. The van der Waals surface area contributed by atoms with Crippen molar-refractivity contribution in [2.45, 2.75) is 20.3 Å². The van der Waals surface area contributed by atoms with E-state index >= 15 is 0 Å². The van der Waals surface area contributed by atoms with E-state index in [9.17, 15) is 0 Å². The van der Waals surface area contributed by atoms with E-state index in [0.717, 1.165) is 46.0 Å². The number of fused-ring (bicyclic) bond motifs is 1. The third kappa shape index (κ3) is 2.68. The summed E-state index contributed by atoms with van der Waals surface area (Å²) in [6.45, 7) is 4.16. The molecule has 26 heavy (non-hydrogen) atoms. The second-order valence-corrected chi connectivity index (χ2v) is 6.25. The van der Waals surface area contributed by atoms with Crippen LogP contribution in [0.15, 0.2) is 54.7 Å². The van der Waals surface area contributed by atoms with E-state index in [1.54, 1.807) is 0 Å². The first kappa shape index (κ1) is 16.2. The van der Waals surface area contributed by atoms with Gasteiger partial charge in [0.25, 0.3) is 0 Å². The van der Waals surface area contributed by atoms with E-state index in [0.29, 0.717) is 0 Å². The zero-order valence-electron chi connectivity index (χ0n) is 15.2. The molecule has 0 atom stereocenters. The Labute approximate surface area is 153 Å². The van der Waals surface area contributed by atoms with Gasteiger partial charge in [-0.05, 0) is 31.4 Å². The molecular weight excluding hydrogens is 320 g/mol. The van der Waals surface area contributed by atoms with Crippen molar-refractivity contribution in [1.82, 2.24) is 19.2 Å². The van der Waals surface area contributed by atoms with Crippen LogP contribution in [0.5, 0.6) is 0 Å². The van der Waals surface area contributed by atoms with Crippen LogP contribution in [-0.2, 0) is 13.5 Å². The molecule has 0 radical (unpaired) electrons. The number of rotatable bonds is 2. The standard InChI is InChI=1S/C22H20N4/c1-4-20-22(17-9-6-5-7-10-17)26-19(11-8-12-21(26)24-20)14-13-18-15-23-25(3)16(18)2/h5-12,15H,4H2,1-3H3. The smallest absolute Gasteiger partial charge is 0.138 e. The Morgan fingerprint density at radius 3 is 2.50 bits per heavy atom. The molecule has 0 N–H and O–H groups in total. The summed E-state index contributed by atoms with van der Waals surface area (Å²) in [4.78, 5) is 4.82. The monoisotopic (exact) mass is 340 g/mol. The molecule has 4 nitrogen and oxygen atoms in total. The van der Waals surface area contributed by atoms with Crippen molar-refractivity contribution < 1.29 is 0 Å². The highest BCUT2D eigenvalue weighted by atomic mass is 15.3. The van der Waals surface area contributed by atoms with Crippen molar-refractivity contribution in [3.63, 3.8) is 0 Å². The maximum atomic E-state index is 4.82. The second-order valence-electron chi connectivity index (χ2n) is 6.25. The molecule has 0 aliphatic carbocycles. The minimum absolute atomic E-state index is 0.875. The van der Waals surface area contributed by atoms with Gasteiger partial charge in [0.2, 0.25) is 0 Å². The van der Waals surface area contributed by atoms with Gasteiger partial charge in [-0.15, -0.1) is 0 Å². The maximum Gasteiger partial charge on any atom is 0.138 e. The fraction of sp³-hybridized carbons (Fsp3) is 0.182. The van der Waals surface area contributed by atoms with Crippen LogP contribution in [0, 0.1) is 18.8 Å². The molecule has 0 unspecified atom stereocenters. The molecule has 0 bridgehead atoms. The molecule has 3 heterocycles. The number of hydrogen-bond acceptors (Lipinski definition) is 2. The lowest BCUT2D eigenvalue weighted by Crippen LogP contribution is -1.96. The molecule has 1 aromatic carbocycles. The SMILES string of the molecule is CCc1nc2cccc(C#Cc3cnn(C)c3C)n2c1-c1ccccc1. The van der Waals surface area contributed by atoms with Crippen molar-refractivity contribution in [3.8, 4) is 23.1 Å². The first-order chi connectivity index (χ1) is 12.7. The van der Waals surface area contributed by atoms with E-state index in [1.165, 1.54) is 0 Å². The molecule has 0 aliphatic heterocycles. The summed E-state index contributed by atoms with van der Waals surface area (Å²) in [5, 5.41) is 4.27. The second kappa shape index (κ2) is 6.53. The fourth-order valence-electron chi connectivity index (χ4n) is 3.13. The summed E-state index contributed by atoms with van der Waals surface area (Å²) in [7, 11) is 1.93. The Morgan fingerprint density at radius 1 is 1.00 bits per heavy atom. The summed E-state index contributed by atoms with van der Waals surface area (Å²) in [5.41, 5.74) is 7.23. The van der Waals surface area contributed by atoms with Crippen LogP contribution in [-0.4, -0.2) is 19.2 Å². The molecule has 0 saturated carbocycles. The molecule has 0 spiro atoms. The zero-order chi connectivity index (χ0) is 18.1. The Balaban J connectivity index is 1.94. The Kier molecular flexibility index (Phi) is 4.06. The van der Waals surface area contributed by atoms with Gasteiger partial charge < -0.3 is 0 Å². The van der Waals surface area contributed by atoms with E-state index in [-0.39, 0.29) is 0 Å².